The van der Waals surface area contributed by atoms with Crippen LogP contribution in [0.1, 0.15) is 63.0 Å². The second-order valence-electron chi connectivity index (χ2n) is 10.6. The molecule has 2 aromatic rings. The van der Waals surface area contributed by atoms with Crippen LogP contribution in [0.25, 0.3) is 11.3 Å². The van der Waals surface area contributed by atoms with E-state index in [0.717, 1.165) is 49.6 Å². The van der Waals surface area contributed by atoms with Crippen molar-refractivity contribution >= 4 is 6.29 Å². The number of aliphatic hydroxyl groups is 2. The van der Waals surface area contributed by atoms with Gasteiger partial charge in [-0.05, 0) is 74.2 Å². The van der Waals surface area contributed by atoms with Crippen LogP contribution in [0.5, 0.6) is 0 Å². The van der Waals surface area contributed by atoms with E-state index >= 15 is 0 Å². The van der Waals surface area contributed by atoms with E-state index in [4.69, 9.17) is 0 Å². The summed E-state index contributed by atoms with van der Waals surface area (Å²) >= 11 is 0. The number of carbonyl (C=O) groups is 1. The average molecular weight is 425 g/mol. The fourth-order valence-electron chi connectivity index (χ4n) is 7.84. The Morgan fingerprint density at radius 3 is 3.03 bits per heavy atom. The van der Waals surface area contributed by atoms with Crippen molar-refractivity contribution in [1.82, 2.24) is 9.55 Å². The van der Waals surface area contributed by atoms with Gasteiger partial charge in [0, 0.05) is 17.5 Å². The van der Waals surface area contributed by atoms with Gasteiger partial charge in [0.25, 0.3) is 0 Å². The largest absolute Gasteiger partial charge is 0.392 e. The fraction of sp³-hybridized carbons (Fsp3) is 0.600. The van der Waals surface area contributed by atoms with Gasteiger partial charge in [-0.15, -0.1) is 0 Å². The summed E-state index contributed by atoms with van der Waals surface area (Å²) in [4.78, 5) is 15.6. The van der Waals surface area contributed by atoms with Crippen molar-refractivity contribution in [3.63, 3.8) is 0 Å². The molecule has 164 valence electrons. The lowest BCUT2D eigenvalue weighted by Gasteiger charge is -2.43. The van der Waals surface area contributed by atoms with Crippen LogP contribution in [0, 0.1) is 29.0 Å². The van der Waals surface area contributed by atoms with Crippen LogP contribution in [0.4, 0.5) is 4.39 Å². The van der Waals surface area contributed by atoms with E-state index in [1.807, 2.05) is 10.6 Å². The van der Waals surface area contributed by atoms with E-state index < -0.39 is 11.7 Å². The molecule has 6 rings (SSSR count). The molecule has 3 saturated carbocycles. The van der Waals surface area contributed by atoms with Crippen molar-refractivity contribution in [2.45, 2.75) is 69.1 Å². The first-order chi connectivity index (χ1) is 14.9. The number of aromatic nitrogens is 2. The smallest absolute Gasteiger partial charge is 0.129 e. The number of nitrogens with zero attached hydrogens (tertiary/aromatic N) is 2. The lowest BCUT2D eigenvalue weighted by Crippen LogP contribution is -2.42. The molecule has 0 spiro atoms. The summed E-state index contributed by atoms with van der Waals surface area (Å²) in [6.45, 7) is 0. The van der Waals surface area contributed by atoms with Gasteiger partial charge in [0.1, 0.15) is 12.1 Å². The van der Waals surface area contributed by atoms with Gasteiger partial charge in [0.2, 0.25) is 0 Å². The highest BCUT2D eigenvalue weighted by Crippen LogP contribution is 2.64. The van der Waals surface area contributed by atoms with E-state index in [2.05, 4.69) is 4.98 Å². The number of aldehydes is 1. The summed E-state index contributed by atoms with van der Waals surface area (Å²) in [5, 5.41) is 23.0. The molecule has 1 aromatic heterocycles. The van der Waals surface area contributed by atoms with E-state index in [9.17, 15) is 19.4 Å². The van der Waals surface area contributed by atoms with Crippen molar-refractivity contribution in [2.24, 2.45) is 23.2 Å². The topological polar surface area (TPSA) is 75.3 Å². The highest BCUT2D eigenvalue weighted by Gasteiger charge is 2.60. The quantitative estimate of drug-likeness (QED) is 0.715. The molecule has 2 N–H and O–H groups in total. The Kier molecular flexibility index (Phi) is 4.26. The van der Waals surface area contributed by atoms with E-state index in [-0.39, 0.29) is 29.6 Å². The number of halogens is 1. The number of benzene rings is 1. The molecule has 7 unspecified atom stereocenters. The Balaban J connectivity index is 1.33. The first-order valence-electron chi connectivity index (χ1n) is 11.6. The average Bonchev–Trinajstić information content (AvgIpc) is 3.39. The van der Waals surface area contributed by atoms with Crippen molar-refractivity contribution in [2.75, 3.05) is 0 Å². The summed E-state index contributed by atoms with van der Waals surface area (Å²) in [6, 6.07) is 4.87. The normalized spacial score (nSPS) is 38.5. The van der Waals surface area contributed by atoms with E-state index in [1.165, 1.54) is 6.07 Å². The standard InChI is InChI=1S/C25H29FN2O3/c26-19-3-1-2-17-21-13-27-14-28(21)20(23(17)19)9-22(30)24-10-15-4-5-25(31,6-7-29)18(12-24)16(8-15)11-24/h1-3,7,13-16,18,20,22,30-31H,4-6,8-12H2. The second-order valence-corrected chi connectivity index (χ2v) is 10.6. The molecule has 1 aromatic carbocycles. The van der Waals surface area contributed by atoms with Gasteiger partial charge < -0.3 is 19.6 Å². The number of imidazole rings is 1. The Morgan fingerprint density at radius 1 is 1.32 bits per heavy atom. The third-order valence-electron chi connectivity index (χ3n) is 9.13. The first-order valence-corrected chi connectivity index (χ1v) is 11.6. The minimum absolute atomic E-state index is 0.0660. The summed E-state index contributed by atoms with van der Waals surface area (Å²) in [5.74, 6) is 0.671. The van der Waals surface area contributed by atoms with Crippen LogP contribution in [0.2, 0.25) is 0 Å². The van der Waals surface area contributed by atoms with E-state index in [1.54, 1.807) is 18.6 Å². The van der Waals surface area contributed by atoms with Crippen LogP contribution < -0.4 is 0 Å². The maximum atomic E-state index is 14.9. The minimum atomic E-state index is -0.938. The Bertz CT molecular complexity index is 1040. The van der Waals surface area contributed by atoms with Crippen LogP contribution in [-0.4, -0.2) is 37.8 Å². The number of hydrogen-bond donors (Lipinski definition) is 2. The molecular formula is C25H29FN2O3. The van der Waals surface area contributed by atoms with Gasteiger partial charge in [0.15, 0.2) is 0 Å². The van der Waals surface area contributed by atoms with Gasteiger partial charge in [0.05, 0.1) is 36.0 Å². The number of carbonyl (C=O) groups excluding carboxylic acids is 1. The van der Waals surface area contributed by atoms with Crippen molar-refractivity contribution in [3.05, 3.63) is 42.1 Å². The van der Waals surface area contributed by atoms with Gasteiger partial charge in [-0.3, -0.25) is 0 Å². The summed E-state index contributed by atoms with van der Waals surface area (Å²) in [6.07, 6.45) is 9.69. The third-order valence-corrected chi connectivity index (χ3v) is 9.13. The molecule has 3 bridgehead atoms. The second kappa shape index (κ2) is 6.72. The molecule has 31 heavy (non-hydrogen) atoms. The Morgan fingerprint density at radius 2 is 2.19 bits per heavy atom. The SMILES string of the molecule is O=CCC1(O)CCC2CC3CC(C(O)CC4c5c(F)cccc5-c5cncn54)(C2)CC31. The maximum Gasteiger partial charge on any atom is 0.129 e. The molecule has 0 amide bonds. The van der Waals surface area contributed by atoms with Gasteiger partial charge in [-0.1, -0.05) is 12.1 Å². The lowest BCUT2D eigenvalue weighted by molar-refractivity contribution is -0.117. The van der Waals surface area contributed by atoms with Crippen molar-refractivity contribution in [3.8, 4) is 11.3 Å². The molecule has 1 aliphatic heterocycles. The van der Waals surface area contributed by atoms with Crippen LogP contribution in [0.3, 0.4) is 0 Å². The third kappa shape index (κ3) is 2.74. The van der Waals surface area contributed by atoms with Gasteiger partial charge in [-0.2, -0.15) is 0 Å². The monoisotopic (exact) mass is 424 g/mol. The van der Waals surface area contributed by atoms with Crippen LogP contribution in [0.15, 0.2) is 30.7 Å². The molecule has 2 heterocycles. The summed E-state index contributed by atoms with van der Waals surface area (Å²) < 4.78 is 16.8. The number of aliphatic hydroxyl groups excluding tert-OH is 1. The zero-order valence-electron chi connectivity index (χ0n) is 17.6. The molecular weight excluding hydrogens is 395 g/mol. The Hall–Kier alpha value is -2.05. The minimum Gasteiger partial charge on any atom is -0.392 e. The molecule has 7 atom stereocenters. The molecule has 3 aliphatic carbocycles. The lowest BCUT2D eigenvalue weighted by atomic mass is 9.65. The molecule has 3 fully saturated rings. The molecule has 6 heteroatoms. The first kappa shape index (κ1) is 19.6. The number of rotatable bonds is 5. The fourth-order valence-corrected chi connectivity index (χ4v) is 7.84. The maximum absolute atomic E-state index is 14.9. The molecule has 4 aliphatic rings. The zero-order valence-corrected chi connectivity index (χ0v) is 17.6. The predicted octanol–water partition coefficient (Wildman–Crippen LogP) is 3.88. The van der Waals surface area contributed by atoms with E-state index in [0.29, 0.717) is 30.2 Å². The van der Waals surface area contributed by atoms with Crippen LogP contribution >= 0.6 is 0 Å². The van der Waals surface area contributed by atoms with Crippen molar-refractivity contribution < 1.29 is 19.4 Å². The Labute approximate surface area is 181 Å². The van der Waals surface area contributed by atoms with Crippen molar-refractivity contribution in [1.29, 1.82) is 0 Å². The predicted molar refractivity (Wildman–Crippen MR) is 113 cm³/mol. The van der Waals surface area contributed by atoms with Gasteiger partial charge >= 0.3 is 0 Å². The number of hydrogen-bond acceptors (Lipinski definition) is 4. The zero-order chi connectivity index (χ0) is 21.4. The summed E-state index contributed by atoms with van der Waals surface area (Å²) in [5.41, 5.74) is 1.21. The highest BCUT2D eigenvalue weighted by molar-refractivity contribution is 5.69. The number of fused-ring (bicyclic) bond motifs is 5. The molecule has 5 nitrogen and oxygen atoms in total. The highest BCUT2D eigenvalue weighted by atomic mass is 19.1. The summed E-state index contributed by atoms with van der Waals surface area (Å²) in [7, 11) is 0. The molecule has 0 radical (unpaired) electrons. The van der Waals surface area contributed by atoms with Crippen LogP contribution in [-0.2, 0) is 4.79 Å². The molecule has 0 saturated heterocycles. The van der Waals surface area contributed by atoms with Gasteiger partial charge in [-0.25, -0.2) is 9.37 Å².